The number of hydrazone groups is 1. The zero-order valence-electron chi connectivity index (χ0n) is 4.54. The molecule has 0 unspecified atom stereocenters. The summed E-state index contributed by atoms with van der Waals surface area (Å²) < 4.78 is 5.79. The van der Waals surface area contributed by atoms with Crippen molar-refractivity contribution in [3.05, 3.63) is 22.6 Å². The molecule has 0 aliphatic rings. The summed E-state index contributed by atoms with van der Waals surface area (Å²) in [6.45, 7) is 0. The minimum atomic E-state index is 0.637. The van der Waals surface area contributed by atoms with Crippen molar-refractivity contribution in [2.45, 2.75) is 0 Å². The number of hydrogen-bond donors (Lipinski definition) is 1. The van der Waals surface area contributed by atoms with E-state index in [0.29, 0.717) is 5.76 Å². The van der Waals surface area contributed by atoms with Crippen molar-refractivity contribution in [2.75, 3.05) is 0 Å². The highest BCUT2D eigenvalue weighted by Gasteiger charge is 1.96. The summed E-state index contributed by atoms with van der Waals surface area (Å²) in [4.78, 5) is 0. The second-order valence-electron chi connectivity index (χ2n) is 1.41. The van der Waals surface area contributed by atoms with E-state index in [4.69, 9.17) is 10.3 Å². The summed E-state index contributed by atoms with van der Waals surface area (Å²) in [6, 6.07) is 1.77. The van der Waals surface area contributed by atoms with Crippen molar-refractivity contribution in [1.29, 1.82) is 0 Å². The van der Waals surface area contributed by atoms with Crippen molar-refractivity contribution in [2.24, 2.45) is 10.9 Å². The van der Waals surface area contributed by atoms with Crippen LogP contribution in [0.2, 0.25) is 0 Å². The largest absolute Gasteiger partial charge is 0.462 e. The van der Waals surface area contributed by atoms with E-state index in [1.807, 2.05) is 0 Å². The Morgan fingerprint density at radius 2 is 2.56 bits per heavy atom. The number of nitrogens with two attached hydrogens (primary N) is 1. The maximum atomic E-state index is 4.93. The third kappa shape index (κ3) is 1.32. The summed E-state index contributed by atoms with van der Waals surface area (Å²) in [6.07, 6.45) is 2.99. The Balaban J connectivity index is 2.94. The second kappa shape index (κ2) is 2.68. The highest BCUT2D eigenvalue weighted by atomic mass is 79.9. The van der Waals surface area contributed by atoms with Crippen LogP contribution in [0.3, 0.4) is 0 Å². The van der Waals surface area contributed by atoms with E-state index in [1.165, 1.54) is 6.21 Å². The molecule has 1 heterocycles. The molecule has 0 spiro atoms. The molecule has 0 radical (unpaired) electrons. The second-order valence-corrected chi connectivity index (χ2v) is 2.27. The molecule has 0 saturated heterocycles. The van der Waals surface area contributed by atoms with Crippen LogP contribution in [0.1, 0.15) is 5.76 Å². The van der Waals surface area contributed by atoms with E-state index in [1.54, 1.807) is 12.3 Å². The van der Waals surface area contributed by atoms with Crippen molar-refractivity contribution >= 4 is 22.1 Å². The van der Waals surface area contributed by atoms with Gasteiger partial charge in [0.1, 0.15) is 0 Å². The molecule has 0 saturated carbocycles. The predicted octanol–water partition coefficient (Wildman–Crippen LogP) is 1.33. The van der Waals surface area contributed by atoms with Gasteiger partial charge in [-0.25, -0.2) is 0 Å². The van der Waals surface area contributed by atoms with E-state index in [9.17, 15) is 0 Å². The molecule has 1 aromatic rings. The Kier molecular flexibility index (Phi) is 1.89. The lowest BCUT2D eigenvalue weighted by atomic mass is 10.5. The van der Waals surface area contributed by atoms with Crippen LogP contribution in [-0.4, -0.2) is 6.21 Å². The van der Waals surface area contributed by atoms with Crippen molar-refractivity contribution < 1.29 is 4.42 Å². The van der Waals surface area contributed by atoms with Gasteiger partial charge in [0.25, 0.3) is 0 Å². The number of furan rings is 1. The van der Waals surface area contributed by atoms with Gasteiger partial charge < -0.3 is 10.3 Å². The molecule has 4 heteroatoms. The molecular weight excluding hydrogens is 184 g/mol. The molecule has 1 aromatic heterocycles. The van der Waals surface area contributed by atoms with E-state index in [-0.39, 0.29) is 0 Å². The highest BCUT2D eigenvalue weighted by Crippen LogP contribution is 2.14. The van der Waals surface area contributed by atoms with E-state index in [2.05, 4.69) is 21.0 Å². The molecule has 0 atom stereocenters. The molecule has 0 amide bonds. The molecule has 3 nitrogen and oxygen atoms in total. The average Bonchev–Trinajstić information content (AvgIpc) is 2.18. The summed E-state index contributed by atoms with van der Waals surface area (Å²) in [5, 5.41) is 3.29. The number of halogens is 1. The lowest BCUT2D eigenvalue weighted by Crippen LogP contribution is -1.83. The zero-order valence-corrected chi connectivity index (χ0v) is 6.13. The van der Waals surface area contributed by atoms with Crippen molar-refractivity contribution in [3.8, 4) is 0 Å². The Morgan fingerprint density at radius 1 is 1.78 bits per heavy atom. The third-order valence-corrected chi connectivity index (χ3v) is 1.49. The first-order valence-electron chi connectivity index (χ1n) is 2.31. The number of rotatable bonds is 1. The van der Waals surface area contributed by atoms with Gasteiger partial charge in [0.2, 0.25) is 0 Å². The standard InChI is InChI=1S/C5H5BrN2O/c6-4-1-2-9-5(4)3-8-7/h1-3H,7H2/b8-3+. The quantitative estimate of drug-likeness (QED) is 0.411. The predicted molar refractivity (Wildman–Crippen MR) is 38.2 cm³/mol. The van der Waals surface area contributed by atoms with Gasteiger partial charge in [0.15, 0.2) is 5.76 Å². The fourth-order valence-electron chi connectivity index (χ4n) is 0.465. The first kappa shape index (κ1) is 6.35. The molecule has 0 aromatic carbocycles. The van der Waals surface area contributed by atoms with Crippen LogP contribution < -0.4 is 5.84 Å². The SMILES string of the molecule is N/N=C/c1occc1Br. The highest BCUT2D eigenvalue weighted by molar-refractivity contribution is 9.10. The number of nitrogens with zero attached hydrogens (tertiary/aromatic N) is 1. The van der Waals surface area contributed by atoms with Gasteiger partial charge in [-0.15, -0.1) is 0 Å². The Labute approximate surface area is 60.7 Å². The fraction of sp³-hybridized carbons (Fsp3) is 0. The molecule has 0 bridgehead atoms. The molecule has 0 fully saturated rings. The van der Waals surface area contributed by atoms with Gasteiger partial charge in [-0.05, 0) is 22.0 Å². The van der Waals surface area contributed by atoms with Crippen LogP contribution in [0.15, 0.2) is 26.3 Å². The minimum Gasteiger partial charge on any atom is -0.462 e. The van der Waals surface area contributed by atoms with Crippen molar-refractivity contribution in [3.63, 3.8) is 0 Å². The zero-order chi connectivity index (χ0) is 6.69. The topological polar surface area (TPSA) is 51.5 Å². The van der Waals surface area contributed by atoms with E-state index in [0.717, 1.165) is 4.47 Å². The number of hydrogen-bond acceptors (Lipinski definition) is 3. The monoisotopic (exact) mass is 188 g/mol. The van der Waals surface area contributed by atoms with Gasteiger partial charge in [-0.3, -0.25) is 0 Å². The molecular formula is C5H5BrN2O. The van der Waals surface area contributed by atoms with Gasteiger partial charge >= 0.3 is 0 Å². The van der Waals surface area contributed by atoms with Crippen LogP contribution in [0, 0.1) is 0 Å². The molecule has 48 valence electrons. The van der Waals surface area contributed by atoms with Crippen LogP contribution in [0.4, 0.5) is 0 Å². The van der Waals surface area contributed by atoms with E-state index < -0.39 is 0 Å². The van der Waals surface area contributed by atoms with Gasteiger partial charge in [0, 0.05) is 0 Å². The maximum Gasteiger partial charge on any atom is 0.160 e. The maximum absolute atomic E-state index is 4.93. The summed E-state index contributed by atoms with van der Waals surface area (Å²) in [5.41, 5.74) is 0. The van der Waals surface area contributed by atoms with Crippen LogP contribution in [-0.2, 0) is 0 Å². The molecule has 9 heavy (non-hydrogen) atoms. The Morgan fingerprint density at radius 3 is 3.00 bits per heavy atom. The Hall–Kier alpha value is -0.770. The Bertz CT molecular complexity index is 218. The van der Waals surface area contributed by atoms with Crippen molar-refractivity contribution in [1.82, 2.24) is 0 Å². The molecule has 1 rings (SSSR count). The fourth-order valence-corrected chi connectivity index (χ4v) is 0.769. The first-order chi connectivity index (χ1) is 4.34. The lowest BCUT2D eigenvalue weighted by Gasteiger charge is -1.81. The van der Waals surface area contributed by atoms with Gasteiger partial charge in [0.05, 0.1) is 17.0 Å². The average molecular weight is 189 g/mol. The summed E-state index contributed by atoms with van der Waals surface area (Å²) in [5.74, 6) is 5.51. The van der Waals surface area contributed by atoms with Crippen LogP contribution >= 0.6 is 15.9 Å². The van der Waals surface area contributed by atoms with E-state index >= 15 is 0 Å². The van der Waals surface area contributed by atoms with Crippen LogP contribution in [0.5, 0.6) is 0 Å². The summed E-state index contributed by atoms with van der Waals surface area (Å²) >= 11 is 3.23. The first-order valence-corrected chi connectivity index (χ1v) is 3.10. The molecule has 0 aliphatic carbocycles. The molecule has 2 N–H and O–H groups in total. The van der Waals surface area contributed by atoms with Gasteiger partial charge in [-0.2, -0.15) is 5.10 Å². The lowest BCUT2D eigenvalue weighted by molar-refractivity contribution is 0.558. The summed E-state index contributed by atoms with van der Waals surface area (Å²) in [7, 11) is 0. The normalized spacial score (nSPS) is 10.8. The minimum absolute atomic E-state index is 0.637. The third-order valence-electron chi connectivity index (χ3n) is 0.837. The molecule has 0 aliphatic heterocycles. The smallest absolute Gasteiger partial charge is 0.160 e. The van der Waals surface area contributed by atoms with Crippen LogP contribution in [0.25, 0.3) is 0 Å². The van der Waals surface area contributed by atoms with Gasteiger partial charge in [-0.1, -0.05) is 0 Å².